The van der Waals surface area contributed by atoms with Gasteiger partial charge in [0.2, 0.25) is 5.91 Å². The van der Waals surface area contributed by atoms with Crippen LogP contribution >= 0.6 is 0 Å². The first-order chi connectivity index (χ1) is 15.5. The standard InChI is InChI=1S/C24H34N4O5/c1-24(2,3)33-23(32)26(4)13-6-5-7-14-27-20(29)12-11-19(22(27)31)28-15-17-16(21(28)30)9-8-10-18(17)25/h8-10,19H,5-7,11-15,25H2,1-4H3. The molecule has 0 radical (unpaired) electrons. The lowest BCUT2D eigenvalue weighted by Crippen LogP contribution is -2.54. The van der Waals surface area contributed by atoms with E-state index in [-0.39, 0.29) is 36.8 Å². The van der Waals surface area contributed by atoms with Gasteiger partial charge >= 0.3 is 6.09 Å². The topological polar surface area (TPSA) is 113 Å². The molecule has 0 aromatic heterocycles. The van der Waals surface area contributed by atoms with E-state index in [0.717, 1.165) is 18.4 Å². The summed E-state index contributed by atoms with van der Waals surface area (Å²) < 4.78 is 5.33. The monoisotopic (exact) mass is 458 g/mol. The Labute approximate surface area is 194 Å². The highest BCUT2D eigenvalue weighted by Crippen LogP contribution is 2.32. The molecule has 4 amide bonds. The molecule has 0 aliphatic carbocycles. The first-order valence-electron chi connectivity index (χ1n) is 11.5. The Kier molecular flexibility index (Phi) is 7.29. The highest BCUT2D eigenvalue weighted by molar-refractivity contribution is 6.06. The van der Waals surface area contributed by atoms with Crippen molar-refractivity contribution in [3.63, 3.8) is 0 Å². The second-order valence-electron chi connectivity index (χ2n) is 9.71. The van der Waals surface area contributed by atoms with E-state index in [1.54, 1.807) is 30.1 Å². The number of hydrogen-bond acceptors (Lipinski definition) is 6. The summed E-state index contributed by atoms with van der Waals surface area (Å²) in [6, 6.07) is 4.54. The van der Waals surface area contributed by atoms with E-state index in [1.807, 2.05) is 20.8 Å². The van der Waals surface area contributed by atoms with E-state index in [1.165, 1.54) is 9.80 Å². The van der Waals surface area contributed by atoms with E-state index >= 15 is 0 Å². The van der Waals surface area contributed by atoms with Crippen molar-refractivity contribution >= 4 is 29.5 Å². The largest absolute Gasteiger partial charge is 0.444 e. The van der Waals surface area contributed by atoms with Gasteiger partial charge in [-0.25, -0.2) is 4.79 Å². The van der Waals surface area contributed by atoms with Gasteiger partial charge in [-0.2, -0.15) is 0 Å². The average Bonchev–Trinajstić information content (AvgIpc) is 3.06. The van der Waals surface area contributed by atoms with Crippen LogP contribution in [0.2, 0.25) is 0 Å². The lowest BCUT2D eigenvalue weighted by molar-refractivity contribution is -0.152. The molecule has 1 fully saturated rings. The fraction of sp³-hybridized carbons (Fsp3) is 0.583. The number of ether oxygens (including phenoxy) is 1. The first-order valence-corrected chi connectivity index (χ1v) is 11.5. The van der Waals surface area contributed by atoms with Crippen molar-refractivity contribution in [3.05, 3.63) is 29.3 Å². The average molecular weight is 459 g/mol. The molecule has 1 unspecified atom stereocenters. The number of nitrogens with two attached hydrogens (primary N) is 1. The third-order valence-corrected chi connectivity index (χ3v) is 5.97. The number of likely N-dealkylation sites (tertiary alicyclic amines) is 1. The molecule has 9 nitrogen and oxygen atoms in total. The van der Waals surface area contributed by atoms with Crippen LogP contribution in [0.5, 0.6) is 0 Å². The van der Waals surface area contributed by atoms with Crippen LogP contribution in [-0.2, 0) is 20.9 Å². The molecule has 1 aromatic carbocycles. The number of nitrogen functional groups attached to an aromatic ring is 1. The highest BCUT2D eigenvalue weighted by Gasteiger charge is 2.42. The third kappa shape index (κ3) is 5.64. The van der Waals surface area contributed by atoms with Crippen LogP contribution in [0.4, 0.5) is 10.5 Å². The quantitative estimate of drug-likeness (QED) is 0.382. The van der Waals surface area contributed by atoms with Crippen molar-refractivity contribution in [2.75, 3.05) is 25.9 Å². The van der Waals surface area contributed by atoms with Crippen LogP contribution in [0.3, 0.4) is 0 Å². The van der Waals surface area contributed by atoms with Gasteiger partial charge in [-0.3, -0.25) is 19.3 Å². The molecule has 1 aromatic rings. The number of carbonyl (C=O) groups excluding carboxylic acids is 4. The molecule has 0 bridgehead atoms. The summed E-state index contributed by atoms with van der Waals surface area (Å²) in [6.07, 6.45) is 2.30. The fourth-order valence-electron chi connectivity index (χ4n) is 4.20. The van der Waals surface area contributed by atoms with Gasteiger partial charge in [0.1, 0.15) is 11.6 Å². The van der Waals surface area contributed by atoms with Gasteiger partial charge in [0.15, 0.2) is 0 Å². The molecule has 180 valence electrons. The Morgan fingerprint density at radius 2 is 1.91 bits per heavy atom. The summed E-state index contributed by atoms with van der Waals surface area (Å²) in [5.74, 6) is -0.738. The van der Waals surface area contributed by atoms with Crippen LogP contribution in [0.1, 0.15) is 68.8 Å². The molecule has 2 heterocycles. The Hall–Kier alpha value is -3.10. The molecule has 0 saturated carbocycles. The SMILES string of the molecule is CN(CCCCCN1C(=O)CCC(N2Cc3c(N)cccc3C2=O)C1=O)C(=O)OC(C)(C)C. The van der Waals surface area contributed by atoms with Gasteiger partial charge < -0.3 is 20.3 Å². The predicted molar refractivity (Wildman–Crippen MR) is 123 cm³/mol. The molecular formula is C24H34N4O5. The molecule has 33 heavy (non-hydrogen) atoms. The minimum Gasteiger partial charge on any atom is -0.444 e. The molecule has 2 aliphatic rings. The maximum Gasteiger partial charge on any atom is 0.410 e. The van der Waals surface area contributed by atoms with Gasteiger partial charge in [0.25, 0.3) is 11.8 Å². The van der Waals surface area contributed by atoms with E-state index in [4.69, 9.17) is 10.5 Å². The summed E-state index contributed by atoms with van der Waals surface area (Å²) in [7, 11) is 1.69. The van der Waals surface area contributed by atoms with Crippen molar-refractivity contribution in [1.82, 2.24) is 14.7 Å². The Bertz CT molecular complexity index is 939. The predicted octanol–water partition coefficient (Wildman–Crippen LogP) is 2.78. The Morgan fingerprint density at radius 1 is 1.18 bits per heavy atom. The third-order valence-electron chi connectivity index (χ3n) is 5.97. The summed E-state index contributed by atoms with van der Waals surface area (Å²) in [5.41, 5.74) is 7.28. The number of piperidine rings is 1. The van der Waals surface area contributed by atoms with E-state index in [2.05, 4.69) is 0 Å². The molecule has 2 aliphatic heterocycles. The minimum atomic E-state index is -0.652. The summed E-state index contributed by atoms with van der Waals surface area (Å²) >= 11 is 0. The van der Waals surface area contributed by atoms with Gasteiger partial charge in [0, 0.05) is 49.9 Å². The van der Waals surface area contributed by atoms with Crippen molar-refractivity contribution in [1.29, 1.82) is 0 Å². The van der Waals surface area contributed by atoms with Gasteiger partial charge in [-0.1, -0.05) is 6.07 Å². The highest BCUT2D eigenvalue weighted by atomic mass is 16.6. The molecule has 3 rings (SSSR count). The molecule has 2 N–H and O–H groups in total. The zero-order valence-electron chi connectivity index (χ0n) is 19.9. The number of unbranched alkanes of at least 4 members (excludes halogenated alkanes) is 2. The lowest BCUT2D eigenvalue weighted by Gasteiger charge is -2.35. The van der Waals surface area contributed by atoms with Crippen molar-refractivity contribution < 1.29 is 23.9 Å². The van der Waals surface area contributed by atoms with E-state index in [0.29, 0.717) is 37.2 Å². The number of carbonyl (C=O) groups is 4. The number of rotatable bonds is 7. The Morgan fingerprint density at radius 3 is 2.58 bits per heavy atom. The summed E-state index contributed by atoms with van der Waals surface area (Å²) in [4.78, 5) is 54.8. The molecule has 9 heteroatoms. The zero-order valence-corrected chi connectivity index (χ0v) is 19.9. The summed E-state index contributed by atoms with van der Waals surface area (Å²) in [6.45, 7) is 6.59. The molecule has 1 atom stereocenters. The Balaban J connectivity index is 1.50. The van der Waals surface area contributed by atoms with Crippen LogP contribution < -0.4 is 5.73 Å². The number of nitrogens with zero attached hydrogens (tertiary/aromatic N) is 3. The van der Waals surface area contributed by atoms with Crippen LogP contribution in [0.15, 0.2) is 18.2 Å². The van der Waals surface area contributed by atoms with Crippen molar-refractivity contribution in [3.8, 4) is 0 Å². The normalized spacial score (nSPS) is 18.5. The zero-order chi connectivity index (χ0) is 24.3. The smallest absolute Gasteiger partial charge is 0.410 e. The van der Waals surface area contributed by atoms with Gasteiger partial charge in [-0.05, 0) is 58.6 Å². The van der Waals surface area contributed by atoms with Gasteiger partial charge in [0.05, 0.1) is 0 Å². The second kappa shape index (κ2) is 9.80. The molecular weight excluding hydrogens is 424 g/mol. The van der Waals surface area contributed by atoms with E-state index < -0.39 is 11.6 Å². The number of hydrogen-bond donors (Lipinski definition) is 1. The number of imide groups is 1. The minimum absolute atomic E-state index is 0.203. The second-order valence-corrected chi connectivity index (χ2v) is 9.71. The van der Waals surface area contributed by atoms with Crippen molar-refractivity contribution in [2.24, 2.45) is 0 Å². The maximum absolute atomic E-state index is 13.1. The fourth-order valence-corrected chi connectivity index (χ4v) is 4.20. The van der Waals surface area contributed by atoms with Crippen LogP contribution in [0, 0.1) is 0 Å². The molecule has 0 spiro atoms. The summed E-state index contributed by atoms with van der Waals surface area (Å²) in [5, 5.41) is 0. The maximum atomic E-state index is 13.1. The van der Waals surface area contributed by atoms with Crippen molar-refractivity contribution in [2.45, 2.75) is 71.1 Å². The number of benzene rings is 1. The number of anilines is 1. The van der Waals surface area contributed by atoms with Gasteiger partial charge in [-0.15, -0.1) is 0 Å². The first kappa shape index (κ1) is 24.5. The lowest BCUT2D eigenvalue weighted by atomic mass is 10.0. The molecule has 1 saturated heterocycles. The van der Waals surface area contributed by atoms with Crippen LogP contribution in [-0.4, -0.2) is 70.3 Å². The number of amides is 4. The van der Waals surface area contributed by atoms with E-state index in [9.17, 15) is 19.2 Å². The number of fused-ring (bicyclic) bond motifs is 1. The van der Waals surface area contributed by atoms with Crippen LogP contribution in [0.25, 0.3) is 0 Å².